The van der Waals surface area contributed by atoms with Gasteiger partial charge in [-0.05, 0) is 36.8 Å². The maximum atomic E-state index is 13.3. The van der Waals surface area contributed by atoms with Gasteiger partial charge in [0.2, 0.25) is 15.9 Å². The lowest BCUT2D eigenvalue weighted by Gasteiger charge is -2.29. The number of carbonyl (C=O) groups is 1. The fourth-order valence-corrected chi connectivity index (χ4v) is 3.51. The average molecular weight is 396 g/mol. The molecule has 0 aliphatic carbocycles. The van der Waals surface area contributed by atoms with Crippen LogP contribution in [0.1, 0.15) is 12.5 Å². The van der Waals surface area contributed by atoms with Gasteiger partial charge in [-0.15, -0.1) is 0 Å². The molecule has 1 amide bonds. The van der Waals surface area contributed by atoms with Crippen LogP contribution in [0.5, 0.6) is 11.5 Å². The van der Waals surface area contributed by atoms with Crippen LogP contribution in [0, 0.1) is 5.82 Å². The molecule has 27 heavy (non-hydrogen) atoms. The van der Waals surface area contributed by atoms with Gasteiger partial charge in [0.15, 0.2) is 11.5 Å². The van der Waals surface area contributed by atoms with Crippen molar-refractivity contribution in [1.82, 2.24) is 4.72 Å². The number of rotatable bonds is 7. The topological polar surface area (TPSA) is 93.7 Å². The highest BCUT2D eigenvalue weighted by molar-refractivity contribution is 7.88. The molecule has 2 aromatic carbocycles. The summed E-state index contributed by atoms with van der Waals surface area (Å²) in [5.41, 5.74) is -0.998. The van der Waals surface area contributed by atoms with Gasteiger partial charge >= 0.3 is 0 Å². The maximum absolute atomic E-state index is 13.3. The van der Waals surface area contributed by atoms with E-state index in [-0.39, 0.29) is 5.56 Å². The van der Waals surface area contributed by atoms with Crippen LogP contribution in [0.3, 0.4) is 0 Å². The van der Waals surface area contributed by atoms with E-state index in [1.807, 2.05) is 0 Å². The number of methoxy groups -OCH3 is 2. The van der Waals surface area contributed by atoms with Gasteiger partial charge in [-0.25, -0.2) is 12.8 Å². The van der Waals surface area contributed by atoms with Crippen LogP contribution in [0.4, 0.5) is 10.1 Å². The molecular weight excluding hydrogens is 375 g/mol. The largest absolute Gasteiger partial charge is 0.493 e. The number of carbonyl (C=O) groups excluding carboxylic acids is 1. The van der Waals surface area contributed by atoms with Crippen LogP contribution >= 0.6 is 0 Å². The van der Waals surface area contributed by atoms with Crippen LogP contribution in [0.15, 0.2) is 42.5 Å². The second-order valence-corrected chi connectivity index (χ2v) is 7.78. The lowest BCUT2D eigenvalue weighted by molar-refractivity contribution is -0.121. The van der Waals surface area contributed by atoms with Crippen LogP contribution in [-0.4, -0.2) is 34.8 Å². The third-order valence-electron chi connectivity index (χ3n) is 3.91. The monoisotopic (exact) mass is 396 g/mol. The quantitative estimate of drug-likeness (QED) is 0.749. The SMILES string of the molecule is COc1ccc(NC(=O)[C@@](C)(NS(C)(=O)=O)c2ccc(F)cc2)cc1OC. The number of hydrogen-bond donors (Lipinski definition) is 2. The predicted octanol–water partition coefficient (Wildman–Crippen LogP) is 2.25. The highest BCUT2D eigenvalue weighted by Crippen LogP contribution is 2.31. The molecule has 2 aromatic rings. The summed E-state index contributed by atoms with van der Waals surface area (Å²) < 4.78 is 49.6. The second kappa shape index (κ2) is 7.93. The highest BCUT2D eigenvalue weighted by atomic mass is 32.2. The minimum absolute atomic E-state index is 0.285. The normalized spacial score (nSPS) is 13.5. The molecule has 0 fully saturated rings. The maximum Gasteiger partial charge on any atom is 0.249 e. The molecule has 0 aliphatic heterocycles. The lowest BCUT2D eigenvalue weighted by Crippen LogP contribution is -2.51. The molecule has 0 saturated heterocycles. The molecule has 1 atom stereocenters. The molecule has 0 bridgehead atoms. The average Bonchev–Trinajstić information content (AvgIpc) is 2.60. The van der Waals surface area contributed by atoms with Crippen molar-refractivity contribution < 1.29 is 27.1 Å². The first kappa shape index (κ1) is 20.7. The van der Waals surface area contributed by atoms with Crippen molar-refractivity contribution in [3.8, 4) is 11.5 Å². The summed E-state index contributed by atoms with van der Waals surface area (Å²) in [6.45, 7) is 1.40. The van der Waals surface area contributed by atoms with Crippen molar-refractivity contribution in [2.75, 3.05) is 25.8 Å². The van der Waals surface area contributed by atoms with Crippen molar-refractivity contribution in [1.29, 1.82) is 0 Å². The molecule has 9 heteroatoms. The van der Waals surface area contributed by atoms with E-state index in [1.165, 1.54) is 33.3 Å². The van der Waals surface area contributed by atoms with E-state index < -0.39 is 27.3 Å². The van der Waals surface area contributed by atoms with Gasteiger partial charge in [0, 0.05) is 11.8 Å². The van der Waals surface area contributed by atoms with Gasteiger partial charge in [-0.1, -0.05) is 12.1 Å². The summed E-state index contributed by atoms with van der Waals surface area (Å²) in [4.78, 5) is 12.9. The van der Waals surface area contributed by atoms with Crippen molar-refractivity contribution in [3.05, 3.63) is 53.8 Å². The zero-order valence-electron chi connectivity index (χ0n) is 15.4. The molecule has 0 radical (unpaired) electrons. The van der Waals surface area contributed by atoms with Gasteiger partial charge < -0.3 is 14.8 Å². The van der Waals surface area contributed by atoms with Gasteiger partial charge in [0.05, 0.1) is 20.5 Å². The Hall–Kier alpha value is -2.65. The summed E-state index contributed by atoms with van der Waals surface area (Å²) in [7, 11) is -0.811. The molecule has 0 aliphatic rings. The van der Waals surface area contributed by atoms with E-state index in [9.17, 15) is 17.6 Å². The Labute approximate surface area is 157 Å². The summed E-state index contributed by atoms with van der Waals surface area (Å²) in [5, 5.41) is 2.65. The molecule has 146 valence electrons. The Balaban J connectivity index is 2.41. The van der Waals surface area contributed by atoms with Crippen molar-refractivity contribution in [2.24, 2.45) is 0 Å². The molecule has 0 heterocycles. The zero-order valence-corrected chi connectivity index (χ0v) is 16.2. The van der Waals surface area contributed by atoms with Crippen molar-refractivity contribution in [3.63, 3.8) is 0 Å². The number of anilines is 1. The molecule has 2 rings (SSSR count). The molecule has 0 saturated carbocycles. The lowest BCUT2D eigenvalue weighted by atomic mass is 9.92. The van der Waals surface area contributed by atoms with E-state index in [2.05, 4.69) is 10.0 Å². The molecule has 2 N–H and O–H groups in total. The van der Waals surface area contributed by atoms with Crippen molar-refractivity contribution in [2.45, 2.75) is 12.5 Å². The second-order valence-electron chi connectivity index (χ2n) is 6.03. The van der Waals surface area contributed by atoms with E-state index in [0.717, 1.165) is 18.4 Å². The van der Waals surface area contributed by atoms with Gasteiger partial charge in [0.25, 0.3) is 0 Å². The van der Waals surface area contributed by atoms with Crippen LogP contribution in [-0.2, 0) is 20.4 Å². The Kier molecular flexibility index (Phi) is 6.07. The van der Waals surface area contributed by atoms with Gasteiger partial charge in [0.1, 0.15) is 11.4 Å². The summed E-state index contributed by atoms with van der Waals surface area (Å²) in [6.07, 6.45) is 0.943. The summed E-state index contributed by atoms with van der Waals surface area (Å²) in [5.74, 6) is -0.270. The van der Waals surface area contributed by atoms with Crippen LogP contribution in [0.2, 0.25) is 0 Å². The van der Waals surface area contributed by atoms with E-state index in [4.69, 9.17) is 9.47 Å². The van der Waals surface area contributed by atoms with Gasteiger partial charge in [-0.3, -0.25) is 4.79 Å². The van der Waals surface area contributed by atoms with Crippen molar-refractivity contribution >= 4 is 21.6 Å². The molecular formula is C18H21FN2O5S. The fourth-order valence-electron chi connectivity index (χ4n) is 2.56. The third-order valence-corrected chi connectivity index (χ3v) is 4.69. The minimum atomic E-state index is -3.75. The van der Waals surface area contributed by atoms with Gasteiger partial charge in [-0.2, -0.15) is 4.72 Å². The summed E-state index contributed by atoms with van der Waals surface area (Å²) >= 11 is 0. The third kappa shape index (κ3) is 4.95. The first-order chi connectivity index (χ1) is 12.6. The number of benzene rings is 2. The fraction of sp³-hybridized carbons (Fsp3) is 0.278. The Morgan fingerprint density at radius 2 is 1.63 bits per heavy atom. The molecule has 0 unspecified atom stereocenters. The number of nitrogens with one attached hydrogen (secondary N) is 2. The highest BCUT2D eigenvalue weighted by Gasteiger charge is 2.38. The van der Waals surface area contributed by atoms with Crippen LogP contribution < -0.4 is 19.5 Å². The standard InChI is InChI=1S/C18H21FN2O5S/c1-18(21-27(4,23)24,12-5-7-13(19)8-6-12)17(22)20-14-9-10-15(25-2)16(11-14)26-3/h5-11,21H,1-4H3,(H,20,22)/t18-/m0/s1. The number of amides is 1. The Morgan fingerprint density at radius 1 is 1.04 bits per heavy atom. The molecule has 0 aromatic heterocycles. The summed E-state index contributed by atoms with van der Waals surface area (Å²) in [6, 6.07) is 9.74. The first-order valence-corrected chi connectivity index (χ1v) is 9.76. The smallest absolute Gasteiger partial charge is 0.249 e. The zero-order chi connectivity index (χ0) is 20.2. The number of halogens is 1. The number of ether oxygens (including phenoxy) is 2. The van der Waals surface area contributed by atoms with E-state index >= 15 is 0 Å². The molecule has 0 spiro atoms. The van der Waals surface area contributed by atoms with Crippen LogP contribution in [0.25, 0.3) is 0 Å². The molecule has 7 nitrogen and oxygen atoms in total. The Bertz CT molecular complexity index is 931. The number of hydrogen-bond acceptors (Lipinski definition) is 5. The number of sulfonamides is 1. The van der Waals surface area contributed by atoms with E-state index in [1.54, 1.807) is 18.2 Å². The Morgan fingerprint density at radius 3 is 2.15 bits per heavy atom. The van der Waals surface area contributed by atoms with E-state index in [0.29, 0.717) is 17.2 Å². The first-order valence-electron chi connectivity index (χ1n) is 7.87. The minimum Gasteiger partial charge on any atom is -0.493 e. The predicted molar refractivity (Wildman–Crippen MR) is 99.9 cm³/mol.